The summed E-state index contributed by atoms with van der Waals surface area (Å²) in [5, 5.41) is 9.25. The number of rotatable bonds is 1. The van der Waals surface area contributed by atoms with Crippen molar-refractivity contribution in [3.8, 4) is 0 Å². The van der Waals surface area contributed by atoms with E-state index >= 15 is 0 Å². The van der Waals surface area contributed by atoms with Crippen LogP contribution < -0.4 is 0 Å². The minimum absolute atomic E-state index is 0.199. The van der Waals surface area contributed by atoms with E-state index in [9.17, 15) is 0 Å². The van der Waals surface area contributed by atoms with Gasteiger partial charge in [0.25, 0.3) is 0 Å². The van der Waals surface area contributed by atoms with Crippen molar-refractivity contribution in [2.24, 2.45) is 5.10 Å². The maximum atomic E-state index is 6.40. The lowest BCUT2D eigenvalue weighted by molar-refractivity contribution is 0.396. The first-order valence-corrected chi connectivity index (χ1v) is 7.90. The van der Waals surface area contributed by atoms with Gasteiger partial charge in [-0.25, -0.2) is 5.01 Å². The van der Waals surface area contributed by atoms with Crippen molar-refractivity contribution in [2.75, 3.05) is 7.05 Å². The summed E-state index contributed by atoms with van der Waals surface area (Å²) >= 11 is 8.18. The van der Waals surface area contributed by atoms with Gasteiger partial charge in [0.05, 0.1) is 0 Å². The third-order valence-electron chi connectivity index (χ3n) is 3.65. The van der Waals surface area contributed by atoms with Crippen LogP contribution in [0.3, 0.4) is 0 Å². The maximum Gasteiger partial charge on any atom is 0.151 e. The van der Waals surface area contributed by atoms with Crippen LogP contribution in [0.25, 0.3) is 5.57 Å². The zero-order valence-corrected chi connectivity index (χ0v) is 12.9. The molecule has 3 heterocycles. The first-order chi connectivity index (χ1) is 10.2. The van der Waals surface area contributed by atoms with E-state index in [2.05, 4.69) is 40.1 Å². The van der Waals surface area contributed by atoms with E-state index in [-0.39, 0.29) is 5.37 Å². The second-order valence-electron chi connectivity index (χ2n) is 4.93. The Morgan fingerprint density at radius 3 is 2.95 bits per heavy atom. The van der Waals surface area contributed by atoms with Crippen LogP contribution in [0.5, 0.6) is 0 Å². The second-order valence-corrected chi connectivity index (χ2v) is 6.33. The molecule has 0 saturated carbocycles. The fraction of sp³-hybridized carbons (Fsp3) is 0.133. The first kappa shape index (κ1) is 12.9. The molecule has 0 fully saturated rings. The molecule has 21 heavy (non-hydrogen) atoms. The molecular formula is C15H13ClN4S. The van der Waals surface area contributed by atoms with E-state index in [1.165, 1.54) is 5.57 Å². The van der Waals surface area contributed by atoms with Crippen LogP contribution >= 0.6 is 23.4 Å². The fourth-order valence-electron chi connectivity index (χ4n) is 2.59. The smallest absolute Gasteiger partial charge is 0.151 e. The average molecular weight is 317 g/mol. The standard InChI is InChI=1S/C15H13ClN4S/c1-18-14-9-19-6-7-21-15(19)12(8-20(14)10-17-18)11-4-2-3-5-13(11)16/h2-10,15H,1H3. The Bertz CT molecular complexity index is 709. The van der Waals surface area contributed by atoms with Gasteiger partial charge in [-0.2, -0.15) is 5.10 Å². The Morgan fingerprint density at radius 1 is 1.24 bits per heavy atom. The van der Waals surface area contributed by atoms with Gasteiger partial charge in [-0.3, -0.25) is 4.90 Å². The summed E-state index contributed by atoms with van der Waals surface area (Å²) in [6.45, 7) is 0. The highest BCUT2D eigenvalue weighted by Gasteiger charge is 2.31. The molecule has 0 aliphatic carbocycles. The number of halogens is 1. The molecule has 4 rings (SSSR count). The van der Waals surface area contributed by atoms with Crippen molar-refractivity contribution in [2.45, 2.75) is 5.37 Å². The summed E-state index contributed by atoms with van der Waals surface area (Å²) in [7, 11) is 1.94. The molecule has 6 heteroatoms. The van der Waals surface area contributed by atoms with Crippen molar-refractivity contribution >= 4 is 35.3 Å². The molecule has 0 bridgehead atoms. The summed E-state index contributed by atoms with van der Waals surface area (Å²) in [6, 6.07) is 7.96. The van der Waals surface area contributed by atoms with E-state index in [0.29, 0.717) is 0 Å². The molecule has 3 aliphatic rings. The van der Waals surface area contributed by atoms with E-state index in [4.69, 9.17) is 11.6 Å². The molecule has 1 atom stereocenters. The zero-order valence-electron chi connectivity index (χ0n) is 11.3. The van der Waals surface area contributed by atoms with Crippen LogP contribution in [0.4, 0.5) is 0 Å². The van der Waals surface area contributed by atoms with Crippen LogP contribution in [0.2, 0.25) is 5.02 Å². The van der Waals surface area contributed by atoms with Crippen LogP contribution in [-0.4, -0.2) is 33.6 Å². The predicted octanol–water partition coefficient (Wildman–Crippen LogP) is 3.53. The molecule has 1 aromatic rings. The molecule has 0 saturated heterocycles. The summed E-state index contributed by atoms with van der Waals surface area (Å²) in [6.07, 6.45) is 8.13. The molecule has 1 aromatic carbocycles. The Balaban J connectivity index is 1.85. The quantitative estimate of drug-likeness (QED) is 0.790. The third-order valence-corrected chi connectivity index (χ3v) is 5.01. The van der Waals surface area contributed by atoms with E-state index in [0.717, 1.165) is 16.4 Å². The van der Waals surface area contributed by atoms with Crippen LogP contribution in [-0.2, 0) is 0 Å². The van der Waals surface area contributed by atoms with Crippen molar-refractivity contribution in [3.05, 3.63) is 64.7 Å². The van der Waals surface area contributed by atoms with E-state index in [1.54, 1.807) is 11.8 Å². The third kappa shape index (κ3) is 2.04. The average Bonchev–Trinajstić information content (AvgIpc) is 3.04. The number of benzene rings is 1. The van der Waals surface area contributed by atoms with Gasteiger partial charge in [0, 0.05) is 41.8 Å². The second kappa shape index (κ2) is 4.86. The van der Waals surface area contributed by atoms with Gasteiger partial charge >= 0.3 is 0 Å². The molecular weight excluding hydrogens is 304 g/mol. The largest absolute Gasteiger partial charge is 0.333 e. The van der Waals surface area contributed by atoms with E-state index < -0.39 is 0 Å². The molecule has 0 aromatic heterocycles. The summed E-state index contributed by atoms with van der Waals surface area (Å²) in [5.41, 5.74) is 2.23. The monoisotopic (exact) mass is 316 g/mol. The van der Waals surface area contributed by atoms with Gasteiger partial charge < -0.3 is 4.90 Å². The lowest BCUT2D eigenvalue weighted by Crippen LogP contribution is -2.21. The lowest BCUT2D eigenvalue weighted by Gasteiger charge is -2.23. The topological polar surface area (TPSA) is 22.1 Å². The summed E-state index contributed by atoms with van der Waals surface area (Å²) < 4.78 is 0. The first-order valence-electron chi connectivity index (χ1n) is 6.58. The number of hydrazone groups is 1. The van der Waals surface area contributed by atoms with Gasteiger partial charge in [-0.05, 0) is 11.5 Å². The highest BCUT2D eigenvalue weighted by molar-refractivity contribution is 8.03. The number of hydrogen-bond donors (Lipinski definition) is 0. The SMILES string of the molecule is CN1N=CN2C=C(c3ccccc3Cl)C3SC=CN3C=C21. The molecule has 0 amide bonds. The Hall–Kier alpha value is -1.85. The molecule has 0 radical (unpaired) electrons. The van der Waals surface area contributed by atoms with Crippen molar-refractivity contribution in [1.29, 1.82) is 0 Å². The molecule has 3 aliphatic heterocycles. The Morgan fingerprint density at radius 2 is 2.10 bits per heavy atom. The van der Waals surface area contributed by atoms with Crippen molar-refractivity contribution in [1.82, 2.24) is 14.8 Å². The summed E-state index contributed by atoms with van der Waals surface area (Å²) in [4.78, 5) is 4.23. The Kier molecular flexibility index (Phi) is 2.97. The molecule has 106 valence electrons. The molecule has 0 N–H and O–H groups in total. The predicted molar refractivity (Wildman–Crippen MR) is 88.0 cm³/mol. The minimum atomic E-state index is 0.199. The molecule has 4 nitrogen and oxygen atoms in total. The van der Waals surface area contributed by atoms with Crippen LogP contribution in [0.15, 0.2) is 59.2 Å². The van der Waals surface area contributed by atoms with Gasteiger partial charge in [0.1, 0.15) is 11.7 Å². The molecule has 0 spiro atoms. The van der Waals surface area contributed by atoms with Crippen LogP contribution in [0, 0.1) is 0 Å². The lowest BCUT2D eigenvalue weighted by atomic mass is 10.1. The summed E-state index contributed by atoms with van der Waals surface area (Å²) in [5.74, 6) is 1.02. The van der Waals surface area contributed by atoms with Crippen molar-refractivity contribution < 1.29 is 0 Å². The van der Waals surface area contributed by atoms with Gasteiger partial charge in [-0.1, -0.05) is 29.8 Å². The molecule has 1 unspecified atom stereocenters. The zero-order chi connectivity index (χ0) is 14.4. The normalized spacial score (nSPS) is 23.0. The Labute approximate surface area is 132 Å². The maximum absolute atomic E-state index is 6.40. The van der Waals surface area contributed by atoms with E-state index in [1.807, 2.05) is 41.5 Å². The number of fused-ring (bicyclic) bond motifs is 2. The fourth-order valence-corrected chi connectivity index (χ4v) is 3.80. The van der Waals surface area contributed by atoms with Crippen LogP contribution in [0.1, 0.15) is 5.56 Å². The van der Waals surface area contributed by atoms with Crippen molar-refractivity contribution in [3.63, 3.8) is 0 Å². The van der Waals surface area contributed by atoms with Gasteiger partial charge in [-0.15, -0.1) is 11.8 Å². The minimum Gasteiger partial charge on any atom is -0.333 e. The van der Waals surface area contributed by atoms with Gasteiger partial charge in [0.15, 0.2) is 5.82 Å². The highest BCUT2D eigenvalue weighted by atomic mass is 35.5. The highest BCUT2D eigenvalue weighted by Crippen LogP contribution is 2.41. The number of thioether (sulfide) groups is 1. The number of nitrogens with zero attached hydrogens (tertiary/aromatic N) is 4. The number of hydrogen-bond acceptors (Lipinski definition) is 5. The van der Waals surface area contributed by atoms with Gasteiger partial charge in [0.2, 0.25) is 0 Å².